The third-order valence-corrected chi connectivity index (χ3v) is 5.55. The summed E-state index contributed by atoms with van der Waals surface area (Å²) in [5, 5.41) is 0.430. The Bertz CT molecular complexity index is 1390. The number of benzene rings is 3. The van der Waals surface area contributed by atoms with Crippen molar-refractivity contribution in [1.82, 2.24) is 0 Å². The molecule has 0 saturated carbocycles. The molecule has 1 aliphatic heterocycles. The van der Waals surface area contributed by atoms with E-state index < -0.39 is 17.9 Å². The Kier molecular flexibility index (Phi) is 4.82. The van der Waals surface area contributed by atoms with Crippen molar-refractivity contribution >= 4 is 28.5 Å². The molecule has 5 rings (SSSR count). The first kappa shape index (κ1) is 19.8. The number of anilines is 1. The van der Waals surface area contributed by atoms with Crippen LogP contribution in [0.25, 0.3) is 11.0 Å². The number of hydrogen-bond acceptors (Lipinski definition) is 5. The van der Waals surface area contributed by atoms with E-state index in [9.17, 15) is 14.4 Å². The van der Waals surface area contributed by atoms with Gasteiger partial charge in [0.2, 0.25) is 5.76 Å². The van der Waals surface area contributed by atoms with E-state index in [0.717, 1.165) is 5.56 Å². The first-order chi connectivity index (χ1) is 15.6. The van der Waals surface area contributed by atoms with Crippen molar-refractivity contribution in [2.24, 2.45) is 0 Å². The third-order valence-electron chi connectivity index (χ3n) is 5.55. The molecule has 6 heteroatoms. The van der Waals surface area contributed by atoms with Crippen molar-refractivity contribution in [3.05, 3.63) is 112 Å². The number of hydrogen-bond donors (Lipinski definition) is 0. The van der Waals surface area contributed by atoms with E-state index in [0.29, 0.717) is 27.8 Å². The van der Waals surface area contributed by atoms with Gasteiger partial charge in [-0.05, 0) is 48.9 Å². The van der Waals surface area contributed by atoms with Crippen molar-refractivity contribution < 1.29 is 18.7 Å². The maximum atomic E-state index is 13.5. The average molecular weight is 425 g/mol. The maximum absolute atomic E-state index is 13.5. The van der Waals surface area contributed by atoms with Crippen LogP contribution in [0.5, 0.6) is 0 Å². The molecule has 6 nitrogen and oxygen atoms in total. The number of carbonyl (C=O) groups excluding carboxylic acids is 2. The highest BCUT2D eigenvalue weighted by atomic mass is 16.5. The fraction of sp³-hybridized carbons (Fsp3) is 0.115. The van der Waals surface area contributed by atoms with Crippen LogP contribution in [-0.2, 0) is 4.74 Å². The van der Waals surface area contributed by atoms with Crippen LogP contribution in [0.2, 0.25) is 0 Å². The van der Waals surface area contributed by atoms with Crippen molar-refractivity contribution in [3.8, 4) is 0 Å². The van der Waals surface area contributed by atoms with Gasteiger partial charge in [-0.25, -0.2) is 4.79 Å². The predicted molar refractivity (Wildman–Crippen MR) is 120 cm³/mol. The van der Waals surface area contributed by atoms with Gasteiger partial charge in [0.15, 0.2) is 5.43 Å². The zero-order valence-corrected chi connectivity index (χ0v) is 17.3. The molecule has 1 amide bonds. The Morgan fingerprint density at radius 3 is 2.34 bits per heavy atom. The maximum Gasteiger partial charge on any atom is 0.338 e. The molecule has 3 aromatic carbocycles. The fourth-order valence-corrected chi connectivity index (χ4v) is 4.11. The Morgan fingerprint density at radius 2 is 1.62 bits per heavy atom. The monoisotopic (exact) mass is 425 g/mol. The largest absolute Gasteiger partial charge is 0.462 e. The summed E-state index contributed by atoms with van der Waals surface area (Å²) < 4.78 is 11.0. The molecule has 0 aliphatic carbocycles. The zero-order valence-electron chi connectivity index (χ0n) is 17.3. The molecule has 1 aromatic heterocycles. The fourth-order valence-electron chi connectivity index (χ4n) is 4.11. The molecule has 0 saturated heterocycles. The van der Waals surface area contributed by atoms with Gasteiger partial charge in [-0.1, -0.05) is 42.5 Å². The number of amides is 1. The number of para-hydroxylation sites is 1. The van der Waals surface area contributed by atoms with E-state index in [1.165, 1.54) is 0 Å². The predicted octanol–water partition coefficient (Wildman–Crippen LogP) is 4.72. The van der Waals surface area contributed by atoms with E-state index in [1.54, 1.807) is 60.4 Å². The van der Waals surface area contributed by atoms with Crippen LogP contribution < -0.4 is 10.3 Å². The Labute approximate surface area is 183 Å². The number of carbonyl (C=O) groups is 2. The van der Waals surface area contributed by atoms with Gasteiger partial charge in [0.05, 0.1) is 29.2 Å². The van der Waals surface area contributed by atoms with Gasteiger partial charge >= 0.3 is 5.97 Å². The molecule has 158 valence electrons. The minimum Gasteiger partial charge on any atom is -0.462 e. The van der Waals surface area contributed by atoms with Crippen molar-refractivity contribution in [1.29, 1.82) is 0 Å². The van der Waals surface area contributed by atoms with Gasteiger partial charge in [0, 0.05) is 5.69 Å². The van der Waals surface area contributed by atoms with E-state index in [2.05, 4.69) is 0 Å². The molecule has 0 radical (unpaired) electrons. The lowest BCUT2D eigenvalue weighted by molar-refractivity contribution is 0.0526. The number of fused-ring (bicyclic) bond motifs is 2. The minimum atomic E-state index is -0.645. The first-order valence-electron chi connectivity index (χ1n) is 10.3. The SMILES string of the molecule is CCOC(=O)c1ccc(N2C(=O)c3oc4ccccc4c(=O)c3C2c2ccccc2)cc1. The summed E-state index contributed by atoms with van der Waals surface area (Å²) in [6.45, 7) is 2.02. The smallest absolute Gasteiger partial charge is 0.338 e. The summed E-state index contributed by atoms with van der Waals surface area (Å²) in [6, 6.07) is 22.2. The minimum absolute atomic E-state index is 0.0389. The summed E-state index contributed by atoms with van der Waals surface area (Å²) in [7, 11) is 0. The lowest BCUT2D eigenvalue weighted by Crippen LogP contribution is -2.29. The highest BCUT2D eigenvalue weighted by Gasteiger charge is 2.43. The van der Waals surface area contributed by atoms with E-state index in [1.807, 2.05) is 30.3 Å². The summed E-state index contributed by atoms with van der Waals surface area (Å²) >= 11 is 0. The molecule has 0 N–H and O–H groups in total. The summed E-state index contributed by atoms with van der Waals surface area (Å²) in [6.07, 6.45) is 0. The Hall–Kier alpha value is -4.19. The lowest BCUT2D eigenvalue weighted by Gasteiger charge is -2.25. The van der Waals surface area contributed by atoms with Crippen LogP contribution in [0.4, 0.5) is 5.69 Å². The normalized spacial score (nSPS) is 15.1. The lowest BCUT2D eigenvalue weighted by atomic mass is 9.98. The molecular weight excluding hydrogens is 406 g/mol. The third kappa shape index (κ3) is 3.08. The molecule has 1 aliphatic rings. The molecule has 1 atom stereocenters. The second kappa shape index (κ2) is 7.81. The summed E-state index contributed by atoms with van der Waals surface area (Å²) in [4.78, 5) is 40.5. The molecule has 0 fully saturated rings. The van der Waals surface area contributed by atoms with Crippen LogP contribution in [0.1, 0.15) is 45.0 Å². The van der Waals surface area contributed by atoms with Gasteiger partial charge in [0.1, 0.15) is 5.58 Å². The molecule has 32 heavy (non-hydrogen) atoms. The van der Waals surface area contributed by atoms with Crippen molar-refractivity contribution in [2.45, 2.75) is 13.0 Å². The Balaban J connectivity index is 1.69. The van der Waals surface area contributed by atoms with Gasteiger partial charge < -0.3 is 9.15 Å². The van der Waals surface area contributed by atoms with Crippen LogP contribution in [0.15, 0.2) is 88.1 Å². The van der Waals surface area contributed by atoms with Crippen LogP contribution in [0, 0.1) is 0 Å². The second-order valence-corrected chi connectivity index (χ2v) is 7.43. The summed E-state index contributed by atoms with van der Waals surface area (Å²) in [5.74, 6) is -0.796. The van der Waals surface area contributed by atoms with Gasteiger partial charge in [0.25, 0.3) is 5.91 Å². The first-order valence-corrected chi connectivity index (χ1v) is 10.3. The highest BCUT2D eigenvalue weighted by molar-refractivity contribution is 6.10. The average Bonchev–Trinajstić information content (AvgIpc) is 3.12. The van der Waals surface area contributed by atoms with Crippen LogP contribution in [0.3, 0.4) is 0 Å². The number of esters is 1. The molecule has 0 bridgehead atoms. The Morgan fingerprint density at radius 1 is 0.938 bits per heavy atom. The molecule has 4 aromatic rings. The van der Waals surface area contributed by atoms with Gasteiger partial charge in [-0.2, -0.15) is 0 Å². The van der Waals surface area contributed by atoms with Crippen molar-refractivity contribution in [2.75, 3.05) is 11.5 Å². The topological polar surface area (TPSA) is 76.8 Å². The van der Waals surface area contributed by atoms with E-state index in [4.69, 9.17) is 9.15 Å². The standard InChI is InChI=1S/C26H19NO5/c1-2-31-26(30)17-12-14-18(15-13-17)27-22(16-8-4-3-5-9-16)21-23(28)19-10-6-7-11-20(19)32-24(21)25(27)29/h3-15,22H,2H2,1H3. The van der Waals surface area contributed by atoms with E-state index in [-0.39, 0.29) is 17.8 Å². The number of nitrogens with zero attached hydrogens (tertiary/aromatic N) is 1. The highest BCUT2D eigenvalue weighted by Crippen LogP contribution is 2.41. The number of rotatable bonds is 4. The quantitative estimate of drug-likeness (QED) is 0.442. The second-order valence-electron chi connectivity index (χ2n) is 7.43. The van der Waals surface area contributed by atoms with Gasteiger partial charge in [-0.3, -0.25) is 14.5 Å². The molecule has 1 unspecified atom stereocenters. The number of ether oxygens (including phenoxy) is 1. The molecule has 2 heterocycles. The van der Waals surface area contributed by atoms with Crippen molar-refractivity contribution in [3.63, 3.8) is 0 Å². The van der Waals surface area contributed by atoms with Crippen LogP contribution >= 0.6 is 0 Å². The van der Waals surface area contributed by atoms with E-state index >= 15 is 0 Å². The van der Waals surface area contributed by atoms with Gasteiger partial charge in [-0.15, -0.1) is 0 Å². The van der Waals surface area contributed by atoms with Crippen LogP contribution in [-0.4, -0.2) is 18.5 Å². The molecular formula is C26H19NO5. The summed E-state index contributed by atoms with van der Waals surface area (Å²) in [5.41, 5.74) is 2.18. The molecule has 0 spiro atoms. The zero-order chi connectivity index (χ0) is 22.2.